The molecule has 0 aliphatic rings. The number of hydrogen-bond donors (Lipinski definition) is 1. The van der Waals surface area contributed by atoms with Crippen molar-refractivity contribution in [3.05, 3.63) is 65.0 Å². The van der Waals surface area contributed by atoms with Crippen molar-refractivity contribution in [1.82, 2.24) is 14.8 Å². The van der Waals surface area contributed by atoms with Crippen LogP contribution in [0.2, 0.25) is 0 Å². The van der Waals surface area contributed by atoms with Gasteiger partial charge in [-0.15, -0.1) is 10.2 Å². The molecule has 1 atom stereocenters. The number of nitrogens with zero attached hydrogens (tertiary/aromatic N) is 3. The summed E-state index contributed by atoms with van der Waals surface area (Å²) in [4.78, 5) is 12.3. The molecule has 0 radical (unpaired) electrons. The number of anilines is 1. The van der Waals surface area contributed by atoms with Crippen LogP contribution < -0.4 is 10.1 Å². The quantitative estimate of drug-likeness (QED) is 0.414. The average Bonchev–Trinajstić information content (AvgIpc) is 3.17. The highest BCUT2D eigenvalue weighted by atomic mass is 32.2. The van der Waals surface area contributed by atoms with Gasteiger partial charge in [0.25, 0.3) is 0 Å². The molecule has 2 aromatic carbocycles. The Kier molecular flexibility index (Phi) is 7.68. The number of carbonyl (C=O) groups is 1. The number of aryl methyl sites for hydroxylation is 2. The lowest BCUT2D eigenvalue weighted by atomic mass is 10.1. The fraction of sp³-hybridized carbons (Fsp3) is 0.348. The molecule has 10 heteroatoms. The van der Waals surface area contributed by atoms with Crippen molar-refractivity contribution < 1.29 is 22.7 Å². The van der Waals surface area contributed by atoms with Crippen molar-refractivity contribution in [2.24, 2.45) is 0 Å². The molecule has 176 valence electrons. The number of carbonyl (C=O) groups excluding carboxylic acids is 1. The summed E-state index contributed by atoms with van der Waals surface area (Å²) in [6.45, 7) is 8.36. The van der Waals surface area contributed by atoms with Gasteiger partial charge in [-0.25, -0.2) is 0 Å². The second-order valence-corrected chi connectivity index (χ2v) is 8.41. The lowest BCUT2D eigenvalue weighted by Crippen LogP contribution is -2.18. The Morgan fingerprint density at radius 1 is 1.15 bits per heavy atom. The minimum atomic E-state index is -4.56. The van der Waals surface area contributed by atoms with Crippen molar-refractivity contribution in [1.29, 1.82) is 0 Å². The number of hydrogen-bond acceptors (Lipinski definition) is 5. The third-order valence-corrected chi connectivity index (χ3v) is 6.02. The zero-order valence-corrected chi connectivity index (χ0v) is 19.5. The van der Waals surface area contributed by atoms with Gasteiger partial charge in [0, 0.05) is 6.54 Å². The van der Waals surface area contributed by atoms with E-state index in [1.54, 1.807) is 0 Å². The summed E-state index contributed by atoms with van der Waals surface area (Å²) >= 11 is 1.10. The Bertz CT molecular complexity index is 1130. The highest BCUT2D eigenvalue weighted by molar-refractivity contribution is 7.99. The molecular formula is C23H25F3N4O2S. The number of halogens is 3. The Balaban J connectivity index is 1.67. The molecule has 0 fully saturated rings. The molecule has 0 spiro atoms. The first kappa shape index (κ1) is 24.6. The fourth-order valence-corrected chi connectivity index (χ4v) is 4.01. The third-order valence-electron chi connectivity index (χ3n) is 5.06. The monoisotopic (exact) mass is 478 g/mol. The molecule has 1 N–H and O–H groups in total. The van der Waals surface area contributed by atoms with E-state index < -0.39 is 17.6 Å². The van der Waals surface area contributed by atoms with E-state index >= 15 is 0 Å². The van der Waals surface area contributed by atoms with Gasteiger partial charge in [0.2, 0.25) is 5.91 Å². The molecule has 0 saturated carbocycles. The van der Waals surface area contributed by atoms with E-state index in [4.69, 9.17) is 4.74 Å². The van der Waals surface area contributed by atoms with Gasteiger partial charge in [0.05, 0.1) is 17.0 Å². The zero-order valence-electron chi connectivity index (χ0n) is 18.7. The van der Waals surface area contributed by atoms with Crippen LogP contribution in [0.25, 0.3) is 0 Å². The van der Waals surface area contributed by atoms with Crippen LogP contribution in [0, 0.1) is 13.8 Å². The van der Waals surface area contributed by atoms with E-state index in [0.29, 0.717) is 23.3 Å². The SMILES string of the molecule is CCn1c(SCC(=O)Nc2ccccc2C(F)(F)F)nnc1C(C)Oc1ccc(C)c(C)c1. The number of amides is 1. The number of thioether (sulfide) groups is 1. The molecule has 1 amide bonds. The van der Waals surface area contributed by atoms with Gasteiger partial charge in [-0.1, -0.05) is 30.0 Å². The normalized spacial score (nSPS) is 12.5. The summed E-state index contributed by atoms with van der Waals surface area (Å²) in [7, 11) is 0. The molecule has 1 unspecified atom stereocenters. The largest absolute Gasteiger partial charge is 0.483 e. The maximum absolute atomic E-state index is 13.1. The van der Waals surface area contributed by atoms with Crippen LogP contribution >= 0.6 is 11.8 Å². The molecule has 0 aliphatic heterocycles. The van der Waals surface area contributed by atoms with Gasteiger partial charge in [-0.3, -0.25) is 4.79 Å². The van der Waals surface area contributed by atoms with Crippen molar-refractivity contribution in [3.8, 4) is 5.75 Å². The second kappa shape index (κ2) is 10.3. The van der Waals surface area contributed by atoms with Gasteiger partial charge >= 0.3 is 6.18 Å². The Morgan fingerprint density at radius 2 is 1.88 bits per heavy atom. The van der Waals surface area contributed by atoms with Crippen molar-refractivity contribution in [2.75, 3.05) is 11.1 Å². The summed E-state index contributed by atoms with van der Waals surface area (Å²) in [6.07, 6.45) is -4.94. The smallest absolute Gasteiger partial charge is 0.418 e. The highest BCUT2D eigenvalue weighted by Crippen LogP contribution is 2.34. The first-order valence-electron chi connectivity index (χ1n) is 10.4. The van der Waals surface area contributed by atoms with E-state index in [1.165, 1.54) is 23.8 Å². The summed E-state index contributed by atoms with van der Waals surface area (Å²) < 4.78 is 47.3. The molecule has 0 bridgehead atoms. The van der Waals surface area contributed by atoms with E-state index in [0.717, 1.165) is 23.4 Å². The standard InChI is InChI=1S/C23H25F3N4O2S/c1-5-30-21(16(4)32-17-11-10-14(2)15(3)12-17)28-29-22(30)33-13-20(31)27-19-9-7-6-8-18(19)23(24,25)26/h6-12,16H,5,13H2,1-4H3,(H,27,31). The molecule has 3 rings (SSSR count). The first-order valence-corrected chi connectivity index (χ1v) is 11.3. The summed E-state index contributed by atoms with van der Waals surface area (Å²) in [5.74, 6) is 0.633. The van der Waals surface area contributed by atoms with Gasteiger partial charge in [-0.2, -0.15) is 13.2 Å². The number of benzene rings is 2. The van der Waals surface area contributed by atoms with Crippen LogP contribution in [0.5, 0.6) is 5.75 Å². The van der Waals surface area contributed by atoms with E-state index in [9.17, 15) is 18.0 Å². The predicted octanol–water partition coefficient (Wildman–Crippen LogP) is 5.80. The van der Waals surface area contributed by atoms with Crippen molar-refractivity contribution >= 4 is 23.4 Å². The van der Waals surface area contributed by atoms with Crippen LogP contribution in [-0.2, 0) is 17.5 Å². The molecule has 0 saturated heterocycles. The number of rotatable bonds is 8. The maximum atomic E-state index is 13.1. The van der Waals surface area contributed by atoms with Crippen LogP contribution in [0.4, 0.5) is 18.9 Å². The minimum absolute atomic E-state index is 0.114. The number of para-hydroxylation sites is 1. The Morgan fingerprint density at radius 3 is 2.55 bits per heavy atom. The zero-order chi connectivity index (χ0) is 24.2. The van der Waals surface area contributed by atoms with Crippen LogP contribution in [0.15, 0.2) is 47.6 Å². The molecule has 1 aromatic heterocycles. The van der Waals surface area contributed by atoms with Gasteiger partial charge in [-0.05, 0) is 63.1 Å². The number of aromatic nitrogens is 3. The summed E-state index contributed by atoms with van der Waals surface area (Å²) in [5.41, 5.74) is 1.12. The Hall–Kier alpha value is -3.01. The van der Waals surface area contributed by atoms with Crippen molar-refractivity contribution in [2.45, 2.75) is 51.7 Å². The fourth-order valence-electron chi connectivity index (χ4n) is 3.20. The predicted molar refractivity (Wildman–Crippen MR) is 121 cm³/mol. The van der Waals surface area contributed by atoms with E-state index in [1.807, 2.05) is 50.5 Å². The van der Waals surface area contributed by atoms with Crippen LogP contribution in [0.3, 0.4) is 0 Å². The molecule has 0 aliphatic carbocycles. The first-order chi connectivity index (χ1) is 15.6. The lowest BCUT2D eigenvalue weighted by Gasteiger charge is -2.16. The molecular weight excluding hydrogens is 453 g/mol. The van der Waals surface area contributed by atoms with Crippen LogP contribution in [-0.4, -0.2) is 26.4 Å². The van der Waals surface area contributed by atoms with Gasteiger partial charge < -0.3 is 14.6 Å². The topological polar surface area (TPSA) is 69.0 Å². The number of nitrogens with one attached hydrogen (secondary N) is 1. The number of ether oxygens (including phenoxy) is 1. The van der Waals surface area contributed by atoms with Crippen molar-refractivity contribution in [3.63, 3.8) is 0 Å². The van der Waals surface area contributed by atoms with E-state index in [-0.39, 0.29) is 17.5 Å². The van der Waals surface area contributed by atoms with Crippen LogP contribution in [0.1, 0.15) is 42.5 Å². The van der Waals surface area contributed by atoms with Gasteiger partial charge in [0.1, 0.15) is 5.75 Å². The third kappa shape index (κ3) is 6.07. The molecule has 1 heterocycles. The molecule has 33 heavy (non-hydrogen) atoms. The summed E-state index contributed by atoms with van der Waals surface area (Å²) in [6, 6.07) is 10.7. The molecule has 3 aromatic rings. The highest BCUT2D eigenvalue weighted by Gasteiger charge is 2.33. The molecule has 6 nitrogen and oxygen atoms in total. The lowest BCUT2D eigenvalue weighted by molar-refractivity contribution is -0.137. The Labute approximate surface area is 194 Å². The van der Waals surface area contributed by atoms with Gasteiger partial charge in [0.15, 0.2) is 17.1 Å². The summed E-state index contributed by atoms with van der Waals surface area (Å²) in [5, 5.41) is 11.2. The number of alkyl halides is 3. The minimum Gasteiger partial charge on any atom is -0.483 e. The van der Waals surface area contributed by atoms with E-state index in [2.05, 4.69) is 15.5 Å². The average molecular weight is 479 g/mol. The maximum Gasteiger partial charge on any atom is 0.418 e. The second-order valence-electron chi connectivity index (χ2n) is 7.47.